The minimum atomic E-state index is -0.488. The molecule has 3 aromatic rings. The van der Waals surface area contributed by atoms with Gasteiger partial charge in [0.05, 0.1) is 13.3 Å². The largest absolute Gasteiger partial charge is 0.494 e. The molecule has 0 spiro atoms. The van der Waals surface area contributed by atoms with E-state index in [-0.39, 0.29) is 6.61 Å². The van der Waals surface area contributed by atoms with Crippen molar-refractivity contribution in [3.05, 3.63) is 78.6 Å². The van der Waals surface area contributed by atoms with E-state index in [9.17, 15) is 4.79 Å². The summed E-state index contributed by atoms with van der Waals surface area (Å²) in [6, 6.07) is 18.9. The zero-order valence-corrected chi connectivity index (χ0v) is 13.8. The number of amides is 1. The van der Waals surface area contributed by atoms with Crippen LogP contribution in [0.3, 0.4) is 0 Å². The fourth-order valence-electron chi connectivity index (χ4n) is 2.39. The first-order valence-corrected chi connectivity index (χ1v) is 7.82. The molecule has 0 atom stereocenters. The minimum Gasteiger partial charge on any atom is -0.494 e. The summed E-state index contributed by atoms with van der Waals surface area (Å²) in [4.78, 5) is 15.9. The third-order valence-corrected chi connectivity index (χ3v) is 3.66. The average molecular weight is 334 g/mol. The molecule has 0 aliphatic heterocycles. The van der Waals surface area contributed by atoms with Crippen LogP contribution in [0.2, 0.25) is 0 Å². The topological polar surface area (TPSA) is 60.5 Å². The number of benzene rings is 2. The molecule has 25 heavy (non-hydrogen) atoms. The molecule has 1 N–H and O–H groups in total. The van der Waals surface area contributed by atoms with E-state index in [0.29, 0.717) is 11.4 Å². The zero-order chi connectivity index (χ0) is 17.5. The Bertz CT molecular complexity index is 833. The van der Waals surface area contributed by atoms with Crippen LogP contribution < -0.4 is 10.1 Å². The maximum atomic E-state index is 11.9. The summed E-state index contributed by atoms with van der Waals surface area (Å²) >= 11 is 0. The molecule has 1 amide bonds. The van der Waals surface area contributed by atoms with Gasteiger partial charge in [0.25, 0.3) is 0 Å². The monoisotopic (exact) mass is 334 g/mol. The van der Waals surface area contributed by atoms with Gasteiger partial charge < -0.3 is 9.47 Å². The molecule has 5 nitrogen and oxygen atoms in total. The van der Waals surface area contributed by atoms with E-state index >= 15 is 0 Å². The van der Waals surface area contributed by atoms with Crippen LogP contribution in [0.15, 0.2) is 73.1 Å². The minimum absolute atomic E-state index is 0.235. The zero-order valence-electron chi connectivity index (χ0n) is 13.8. The van der Waals surface area contributed by atoms with Crippen LogP contribution in [0, 0.1) is 0 Å². The normalized spacial score (nSPS) is 10.1. The van der Waals surface area contributed by atoms with E-state index in [2.05, 4.69) is 10.3 Å². The number of aromatic nitrogens is 1. The molecule has 0 radical (unpaired) electrons. The molecule has 1 aromatic heterocycles. The summed E-state index contributed by atoms with van der Waals surface area (Å²) < 4.78 is 10.5. The second kappa shape index (κ2) is 7.97. The Morgan fingerprint density at radius 3 is 2.52 bits per heavy atom. The van der Waals surface area contributed by atoms with Gasteiger partial charge in [-0.2, -0.15) is 0 Å². The maximum Gasteiger partial charge on any atom is 0.411 e. The van der Waals surface area contributed by atoms with Gasteiger partial charge in [0.1, 0.15) is 12.4 Å². The number of ether oxygens (including phenoxy) is 2. The van der Waals surface area contributed by atoms with Crippen LogP contribution in [0.4, 0.5) is 10.5 Å². The van der Waals surface area contributed by atoms with Gasteiger partial charge in [-0.1, -0.05) is 42.5 Å². The van der Waals surface area contributed by atoms with Gasteiger partial charge in [-0.25, -0.2) is 4.79 Å². The van der Waals surface area contributed by atoms with Gasteiger partial charge in [-0.05, 0) is 29.3 Å². The van der Waals surface area contributed by atoms with E-state index in [1.165, 1.54) is 0 Å². The van der Waals surface area contributed by atoms with Crippen molar-refractivity contribution < 1.29 is 14.3 Å². The van der Waals surface area contributed by atoms with Gasteiger partial charge in [0.2, 0.25) is 0 Å². The number of nitrogens with zero attached hydrogens (tertiary/aromatic N) is 1. The Labute approximate surface area is 146 Å². The van der Waals surface area contributed by atoms with Crippen molar-refractivity contribution in [3.63, 3.8) is 0 Å². The van der Waals surface area contributed by atoms with Gasteiger partial charge in [0, 0.05) is 17.4 Å². The lowest BCUT2D eigenvalue weighted by Gasteiger charge is -2.10. The summed E-state index contributed by atoms with van der Waals surface area (Å²) in [7, 11) is 1.61. The van der Waals surface area contributed by atoms with Gasteiger partial charge in [0.15, 0.2) is 0 Å². The van der Waals surface area contributed by atoms with Crippen molar-refractivity contribution in [1.29, 1.82) is 0 Å². The van der Waals surface area contributed by atoms with Crippen LogP contribution in [-0.4, -0.2) is 18.2 Å². The highest BCUT2D eigenvalue weighted by Crippen LogP contribution is 2.29. The predicted molar refractivity (Wildman–Crippen MR) is 96.5 cm³/mol. The van der Waals surface area contributed by atoms with Gasteiger partial charge >= 0.3 is 6.09 Å². The van der Waals surface area contributed by atoms with E-state index in [1.807, 2.05) is 60.7 Å². The number of anilines is 1. The number of nitrogens with one attached hydrogen (secondary N) is 1. The van der Waals surface area contributed by atoms with Gasteiger partial charge in [-0.15, -0.1) is 0 Å². The van der Waals surface area contributed by atoms with Crippen LogP contribution in [0.1, 0.15) is 5.56 Å². The molecule has 0 fully saturated rings. The van der Waals surface area contributed by atoms with Crippen molar-refractivity contribution in [3.8, 4) is 16.9 Å². The summed E-state index contributed by atoms with van der Waals surface area (Å²) in [6.07, 6.45) is 2.89. The second-order valence-electron chi connectivity index (χ2n) is 5.34. The van der Waals surface area contributed by atoms with Crippen LogP contribution >= 0.6 is 0 Å². The standard InChI is InChI=1S/C20H18N2O3/c1-24-19-13-21-12-11-18(19)16-7-9-17(10-8-16)22-20(23)25-14-15-5-3-2-4-6-15/h2-13H,14H2,1H3,(H,22,23). The summed E-state index contributed by atoms with van der Waals surface area (Å²) in [5.74, 6) is 0.700. The summed E-state index contributed by atoms with van der Waals surface area (Å²) in [6.45, 7) is 0.235. The van der Waals surface area contributed by atoms with E-state index in [1.54, 1.807) is 19.5 Å². The fraction of sp³-hybridized carbons (Fsp3) is 0.100. The van der Waals surface area contributed by atoms with Gasteiger partial charge in [-0.3, -0.25) is 10.3 Å². The molecule has 0 unspecified atom stereocenters. The number of rotatable bonds is 5. The first kappa shape index (κ1) is 16.5. The molecule has 126 valence electrons. The molecule has 2 aromatic carbocycles. The van der Waals surface area contributed by atoms with Crippen LogP contribution in [-0.2, 0) is 11.3 Å². The first-order valence-electron chi connectivity index (χ1n) is 7.82. The molecule has 3 rings (SSSR count). The van der Waals surface area contributed by atoms with E-state index < -0.39 is 6.09 Å². The molecular weight excluding hydrogens is 316 g/mol. The summed E-state index contributed by atoms with van der Waals surface area (Å²) in [5.41, 5.74) is 3.52. The third kappa shape index (κ3) is 4.35. The lowest BCUT2D eigenvalue weighted by atomic mass is 10.1. The van der Waals surface area contributed by atoms with Crippen molar-refractivity contribution in [2.24, 2.45) is 0 Å². The first-order chi connectivity index (χ1) is 12.3. The molecule has 0 saturated heterocycles. The quantitative estimate of drug-likeness (QED) is 0.746. The van der Waals surface area contributed by atoms with Crippen molar-refractivity contribution >= 4 is 11.8 Å². The van der Waals surface area contributed by atoms with Crippen molar-refractivity contribution in [2.45, 2.75) is 6.61 Å². The van der Waals surface area contributed by atoms with Crippen LogP contribution in [0.5, 0.6) is 5.75 Å². The molecule has 0 aliphatic rings. The third-order valence-electron chi connectivity index (χ3n) is 3.66. The average Bonchev–Trinajstić information content (AvgIpc) is 2.68. The Balaban J connectivity index is 1.61. The fourth-order valence-corrected chi connectivity index (χ4v) is 2.39. The smallest absolute Gasteiger partial charge is 0.411 e. The Hall–Kier alpha value is -3.34. The van der Waals surface area contributed by atoms with Crippen molar-refractivity contribution in [1.82, 2.24) is 4.98 Å². The highest BCUT2D eigenvalue weighted by molar-refractivity contribution is 5.85. The van der Waals surface area contributed by atoms with E-state index in [0.717, 1.165) is 16.7 Å². The van der Waals surface area contributed by atoms with E-state index in [4.69, 9.17) is 9.47 Å². The molecular formula is C20H18N2O3. The number of pyridine rings is 1. The number of methoxy groups -OCH3 is 1. The number of carbonyl (C=O) groups is 1. The Kier molecular flexibility index (Phi) is 5.26. The lowest BCUT2D eigenvalue weighted by molar-refractivity contribution is 0.155. The SMILES string of the molecule is COc1cnccc1-c1ccc(NC(=O)OCc2ccccc2)cc1. The molecule has 1 heterocycles. The lowest BCUT2D eigenvalue weighted by Crippen LogP contribution is -2.13. The maximum absolute atomic E-state index is 11.9. The Morgan fingerprint density at radius 2 is 1.80 bits per heavy atom. The molecule has 5 heteroatoms. The number of hydrogen-bond donors (Lipinski definition) is 1. The predicted octanol–water partition coefficient (Wildman–Crippen LogP) is 4.51. The summed E-state index contributed by atoms with van der Waals surface area (Å²) in [5, 5.41) is 2.71. The molecule has 0 saturated carbocycles. The second-order valence-corrected chi connectivity index (χ2v) is 5.34. The highest BCUT2D eigenvalue weighted by Gasteiger charge is 2.07. The van der Waals surface area contributed by atoms with Crippen molar-refractivity contribution in [2.75, 3.05) is 12.4 Å². The molecule has 0 aliphatic carbocycles. The molecule has 0 bridgehead atoms. The van der Waals surface area contributed by atoms with Crippen LogP contribution in [0.25, 0.3) is 11.1 Å². The Morgan fingerprint density at radius 1 is 1.04 bits per heavy atom. The number of carbonyl (C=O) groups excluding carboxylic acids is 1. The number of hydrogen-bond acceptors (Lipinski definition) is 4. The highest BCUT2D eigenvalue weighted by atomic mass is 16.5.